The highest BCUT2D eigenvalue weighted by Crippen LogP contribution is 2.28. The molecule has 2 N–H and O–H groups in total. The monoisotopic (exact) mass is 210 g/mol. The van der Waals surface area contributed by atoms with E-state index in [1.807, 2.05) is 18.2 Å². The molecule has 0 spiro atoms. The van der Waals surface area contributed by atoms with E-state index in [9.17, 15) is 0 Å². The Morgan fingerprint density at radius 1 is 1.45 bits per heavy atom. The Bertz CT molecular complexity index is 331. The lowest BCUT2D eigenvalue weighted by atomic mass is 10.1. The summed E-state index contributed by atoms with van der Waals surface area (Å²) in [7, 11) is 0. The van der Waals surface area contributed by atoms with Gasteiger partial charge in [0.1, 0.15) is 5.84 Å². The van der Waals surface area contributed by atoms with Gasteiger partial charge in [0, 0.05) is 10.9 Å². The van der Waals surface area contributed by atoms with Gasteiger partial charge < -0.3 is 5.73 Å². The number of hydrogen-bond acceptors (Lipinski definition) is 2. The Labute approximate surface area is 73.3 Å². The van der Waals surface area contributed by atoms with Gasteiger partial charge in [0.15, 0.2) is 0 Å². The molecule has 11 heavy (non-hydrogen) atoms. The molecule has 56 valence electrons. The van der Waals surface area contributed by atoms with Crippen molar-refractivity contribution >= 4 is 27.5 Å². The summed E-state index contributed by atoms with van der Waals surface area (Å²) in [6.45, 7) is 0. The number of halogens is 1. The molecule has 1 aliphatic heterocycles. The van der Waals surface area contributed by atoms with Gasteiger partial charge in [-0.15, -0.1) is 0 Å². The smallest absolute Gasteiger partial charge is 0.104 e. The van der Waals surface area contributed by atoms with E-state index in [0.717, 1.165) is 16.6 Å². The zero-order chi connectivity index (χ0) is 7.84. The van der Waals surface area contributed by atoms with Crippen molar-refractivity contribution in [1.82, 2.24) is 0 Å². The molecule has 0 fully saturated rings. The van der Waals surface area contributed by atoms with Gasteiger partial charge >= 0.3 is 0 Å². The highest BCUT2D eigenvalue weighted by atomic mass is 79.9. The Kier molecular flexibility index (Phi) is 1.46. The molecule has 0 unspecified atom stereocenters. The first-order chi connectivity index (χ1) is 5.25. The van der Waals surface area contributed by atoms with Crippen LogP contribution in [0.25, 0.3) is 0 Å². The summed E-state index contributed by atoms with van der Waals surface area (Å²) in [5.41, 5.74) is 7.78. The minimum Gasteiger partial charge on any atom is -0.387 e. The molecule has 0 amide bonds. The van der Waals surface area contributed by atoms with Gasteiger partial charge in [0.05, 0.1) is 5.69 Å². The van der Waals surface area contributed by atoms with E-state index >= 15 is 0 Å². The average Bonchev–Trinajstić information content (AvgIpc) is 2.27. The molecule has 3 heteroatoms. The molecule has 0 aromatic heterocycles. The normalized spacial score (nSPS) is 14.5. The number of aliphatic imine (C=N–C) groups is 1. The first-order valence-corrected chi connectivity index (χ1v) is 4.16. The van der Waals surface area contributed by atoms with Crippen LogP contribution >= 0.6 is 15.9 Å². The Balaban J connectivity index is 2.54. The van der Waals surface area contributed by atoms with E-state index in [4.69, 9.17) is 5.73 Å². The molecule has 1 aromatic carbocycles. The van der Waals surface area contributed by atoms with E-state index in [2.05, 4.69) is 20.9 Å². The van der Waals surface area contributed by atoms with Crippen LogP contribution < -0.4 is 5.73 Å². The van der Waals surface area contributed by atoms with Gasteiger partial charge in [0.2, 0.25) is 0 Å². The highest BCUT2D eigenvalue weighted by Gasteiger charge is 2.10. The largest absolute Gasteiger partial charge is 0.387 e. The summed E-state index contributed by atoms with van der Waals surface area (Å²) < 4.78 is 1.05. The number of nitrogens with zero attached hydrogens (tertiary/aromatic N) is 1. The maximum absolute atomic E-state index is 5.57. The molecule has 0 saturated heterocycles. The third-order valence-corrected chi connectivity index (χ3v) is 2.18. The van der Waals surface area contributed by atoms with E-state index < -0.39 is 0 Å². The molecular weight excluding hydrogens is 204 g/mol. The van der Waals surface area contributed by atoms with E-state index in [1.54, 1.807) is 0 Å². The van der Waals surface area contributed by atoms with Crippen LogP contribution in [-0.2, 0) is 6.42 Å². The number of nitrogens with two attached hydrogens (primary N) is 1. The molecule has 0 bridgehead atoms. The summed E-state index contributed by atoms with van der Waals surface area (Å²) in [4.78, 5) is 4.18. The molecule has 2 nitrogen and oxygen atoms in total. The lowest BCUT2D eigenvalue weighted by Crippen LogP contribution is -2.09. The van der Waals surface area contributed by atoms with Gasteiger partial charge in [-0.05, 0) is 17.7 Å². The van der Waals surface area contributed by atoms with Crippen molar-refractivity contribution in [1.29, 1.82) is 0 Å². The Hall–Kier alpha value is -0.830. The zero-order valence-corrected chi connectivity index (χ0v) is 7.43. The van der Waals surface area contributed by atoms with Crippen LogP contribution in [0.15, 0.2) is 27.7 Å². The van der Waals surface area contributed by atoms with Crippen LogP contribution in [0.4, 0.5) is 5.69 Å². The van der Waals surface area contributed by atoms with Crippen molar-refractivity contribution in [2.75, 3.05) is 0 Å². The fourth-order valence-corrected chi connectivity index (χ4v) is 1.53. The van der Waals surface area contributed by atoms with Gasteiger partial charge in [-0.1, -0.05) is 22.0 Å². The summed E-state index contributed by atoms with van der Waals surface area (Å²) >= 11 is 3.37. The highest BCUT2D eigenvalue weighted by molar-refractivity contribution is 9.10. The van der Waals surface area contributed by atoms with E-state index in [0.29, 0.717) is 5.84 Å². The van der Waals surface area contributed by atoms with E-state index in [-0.39, 0.29) is 0 Å². The summed E-state index contributed by atoms with van der Waals surface area (Å²) in [6.07, 6.45) is 0.794. The summed E-state index contributed by atoms with van der Waals surface area (Å²) in [6, 6.07) is 6.03. The fourth-order valence-electron chi connectivity index (χ4n) is 1.18. The van der Waals surface area contributed by atoms with Crippen molar-refractivity contribution in [2.45, 2.75) is 6.42 Å². The molecule has 0 radical (unpaired) electrons. The molecule has 1 aliphatic rings. The standard InChI is InChI=1S/C8H7BrN2/c9-6-2-1-5-3-8(10)11-7(5)4-6/h1-2,4H,3H2,(H2,10,11). The maximum Gasteiger partial charge on any atom is 0.104 e. The lowest BCUT2D eigenvalue weighted by Gasteiger charge is -1.95. The summed E-state index contributed by atoms with van der Waals surface area (Å²) in [5.74, 6) is 0.707. The minimum absolute atomic E-state index is 0.707. The molecule has 1 heterocycles. The zero-order valence-electron chi connectivity index (χ0n) is 5.84. The molecular formula is C8H7BrN2. The second-order valence-electron chi connectivity index (χ2n) is 2.55. The first-order valence-electron chi connectivity index (χ1n) is 3.37. The van der Waals surface area contributed by atoms with Crippen molar-refractivity contribution < 1.29 is 0 Å². The van der Waals surface area contributed by atoms with Crippen LogP contribution in [0.3, 0.4) is 0 Å². The van der Waals surface area contributed by atoms with Crippen molar-refractivity contribution in [2.24, 2.45) is 10.7 Å². The predicted octanol–water partition coefficient (Wildman–Crippen LogP) is 1.99. The minimum atomic E-state index is 0.707. The molecule has 0 aliphatic carbocycles. The third kappa shape index (κ3) is 1.16. The van der Waals surface area contributed by atoms with Crippen LogP contribution in [0.2, 0.25) is 0 Å². The first kappa shape index (κ1) is 6.85. The topological polar surface area (TPSA) is 38.4 Å². The van der Waals surface area contributed by atoms with Crippen LogP contribution in [-0.4, -0.2) is 5.84 Å². The van der Waals surface area contributed by atoms with Crippen molar-refractivity contribution in [3.63, 3.8) is 0 Å². The number of fused-ring (bicyclic) bond motifs is 1. The van der Waals surface area contributed by atoms with E-state index in [1.165, 1.54) is 5.56 Å². The maximum atomic E-state index is 5.57. The van der Waals surface area contributed by atoms with Crippen molar-refractivity contribution in [3.05, 3.63) is 28.2 Å². The van der Waals surface area contributed by atoms with Crippen LogP contribution in [0, 0.1) is 0 Å². The quantitative estimate of drug-likeness (QED) is 0.700. The molecule has 0 atom stereocenters. The molecule has 1 aromatic rings. The van der Waals surface area contributed by atoms with Gasteiger partial charge in [-0.3, -0.25) is 0 Å². The van der Waals surface area contributed by atoms with Gasteiger partial charge in [-0.2, -0.15) is 0 Å². The predicted molar refractivity (Wildman–Crippen MR) is 49.1 cm³/mol. The van der Waals surface area contributed by atoms with Crippen LogP contribution in [0.5, 0.6) is 0 Å². The number of rotatable bonds is 0. The SMILES string of the molecule is NC1=Nc2cc(Br)ccc2C1. The van der Waals surface area contributed by atoms with Crippen molar-refractivity contribution in [3.8, 4) is 0 Å². The summed E-state index contributed by atoms with van der Waals surface area (Å²) in [5, 5.41) is 0. The lowest BCUT2D eigenvalue weighted by molar-refractivity contribution is 1.36. The van der Waals surface area contributed by atoms with Gasteiger partial charge in [-0.25, -0.2) is 4.99 Å². The number of hydrogen-bond donors (Lipinski definition) is 1. The second-order valence-corrected chi connectivity index (χ2v) is 3.47. The Morgan fingerprint density at radius 3 is 3.09 bits per heavy atom. The van der Waals surface area contributed by atoms with Crippen LogP contribution in [0.1, 0.15) is 5.56 Å². The number of benzene rings is 1. The fraction of sp³-hybridized carbons (Fsp3) is 0.125. The second kappa shape index (κ2) is 2.34. The molecule has 2 rings (SSSR count). The Morgan fingerprint density at radius 2 is 2.27 bits per heavy atom. The van der Waals surface area contributed by atoms with Gasteiger partial charge in [0.25, 0.3) is 0 Å². The average molecular weight is 211 g/mol. The molecule has 0 saturated carbocycles. The number of amidine groups is 1. The third-order valence-electron chi connectivity index (χ3n) is 1.68.